The van der Waals surface area contributed by atoms with Crippen molar-refractivity contribution < 1.29 is 28.5 Å². The maximum Gasteiger partial charge on any atom is 0.331 e. The summed E-state index contributed by atoms with van der Waals surface area (Å²) in [6, 6.07) is 7.37. The molecule has 222 valence electrons. The Labute approximate surface area is 264 Å². The molecule has 2 atom stereocenters. The van der Waals surface area contributed by atoms with Gasteiger partial charge in [-0.25, -0.2) is 9.59 Å². The van der Waals surface area contributed by atoms with Gasteiger partial charge in [0.05, 0.1) is 9.16 Å². The molecule has 6 nitrogen and oxygen atoms in total. The summed E-state index contributed by atoms with van der Waals surface area (Å²) >= 11 is 11.3. The van der Waals surface area contributed by atoms with Crippen LogP contribution in [-0.4, -0.2) is 85.6 Å². The highest BCUT2D eigenvalue weighted by atomic mass is 32.2. The molecule has 2 saturated heterocycles. The quantitative estimate of drug-likeness (QED) is 0.0996. The highest BCUT2D eigenvalue weighted by Gasteiger charge is 2.32. The van der Waals surface area contributed by atoms with Gasteiger partial charge in [0.25, 0.3) is 0 Å². The fourth-order valence-electron chi connectivity index (χ4n) is 3.54. The summed E-state index contributed by atoms with van der Waals surface area (Å²) in [5, 5.41) is 0. The van der Waals surface area contributed by atoms with Crippen molar-refractivity contribution in [3.63, 3.8) is 0 Å². The van der Waals surface area contributed by atoms with Crippen LogP contribution in [0.1, 0.15) is 20.8 Å². The van der Waals surface area contributed by atoms with Crippen molar-refractivity contribution in [1.29, 1.82) is 0 Å². The van der Waals surface area contributed by atoms with Gasteiger partial charge in [0.1, 0.15) is 30.8 Å². The van der Waals surface area contributed by atoms with Gasteiger partial charge in [0.2, 0.25) is 0 Å². The zero-order valence-corrected chi connectivity index (χ0v) is 28.0. The smallest absolute Gasteiger partial charge is 0.331 e. The molecule has 2 fully saturated rings. The van der Waals surface area contributed by atoms with E-state index < -0.39 is 4.93 Å². The number of hydrogen-bond donors (Lipinski definition) is 0. The summed E-state index contributed by atoms with van der Waals surface area (Å²) < 4.78 is 24.7. The summed E-state index contributed by atoms with van der Waals surface area (Å²) in [6.07, 6.45) is 5.83. The molecule has 0 saturated carbocycles. The van der Waals surface area contributed by atoms with Crippen molar-refractivity contribution in [3.8, 4) is 11.5 Å². The van der Waals surface area contributed by atoms with E-state index in [9.17, 15) is 9.59 Å². The second-order valence-electron chi connectivity index (χ2n) is 8.88. The first kappa shape index (κ1) is 33.8. The Morgan fingerprint density at radius 3 is 2.20 bits per heavy atom. The number of carbonyl (C=O) groups is 2. The molecule has 0 amide bonds. The van der Waals surface area contributed by atoms with Crippen molar-refractivity contribution in [1.82, 2.24) is 0 Å². The van der Waals surface area contributed by atoms with Crippen molar-refractivity contribution >= 4 is 82.5 Å². The Morgan fingerprint density at radius 2 is 1.55 bits per heavy atom. The summed E-state index contributed by atoms with van der Waals surface area (Å²) in [5.41, 5.74) is 0. The number of hydrogen-bond acceptors (Lipinski definition) is 12. The standard InChI is InChI=1S/C28H38O6S6/c1-4-7-24(29)33-23(17-35-18-26-36-11-12-37-26)16-31-21-9-6-10-22(15-21)32-20-28(3,34-25(30)8-5-2)40-19-27-38-13-14-39-27/h4-10,15,23,26-27H,11-14,16-20H2,1-3H3. The Morgan fingerprint density at radius 1 is 0.950 bits per heavy atom. The highest BCUT2D eigenvalue weighted by molar-refractivity contribution is 8.21. The monoisotopic (exact) mass is 662 g/mol. The minimum Gasteiger partial charge on any atom is -0.490 e. The molecule has 40 heavy (non-hydrogen) atoms. The normalized spacial score (nSPS) is 18.7. The number of ether oxygens (including phenoxy) is 4. The van der Waals surface area contributed by atoms with Gasteiger partial charge in [-0.05, 0) is 32.9 Å². The van der Waals surface area contributed by atoms with Crippen LogP contribution < -0.4 is 9.47 Å². The Bertz CT molecular complexity index is 980. The lowest BCUT2D eigenvalue weighted by Crippen LogP contribution is -2.35. The second-order valence-corrected chi connectivity index (χ2v) is 17.3. The third-order valence-electron chi connectivity index (χ3n) is 5.41. The first-order chi connectivity index (χ1) is 19.4. The molecule has 2 heterocycles. The lowest BCUT2D eigenvalue weighted by atomic mass is 10.3. The fourth-order valence-corrected chi connectivity index (χ4v) is 12.1. The minimum absolute atomic E-state index is 0.198. The molecule has 2 unspecified atom stereocenters. The molecule has 1 aromatic carbocycles. The largest absolute Gasteiger partial charge is 0.490 e. The molecule has 0 spiro atoms. The number of carbonyl (C=O) groups excluding carboxylic acids is 2. The first-order valence-corrected chi connectivity index (χ1v) is 19.5. The van der Waals surface area contributed by atoms with Crippen LogP contribution >= 0.6 is 70.6 Å². The maximum absolute atomic E-state index is 12.3. The van der Waals surface area contributed by atoms with E-state index in [0.29, 0.717) is 26.4 Å². The number of thioether (sulfide) groups is 6. The molecule has 0 radical (unpaired) electrons. The van der Waals surface area contributed by atoms with E-state index in [1.807, 2.05) is 78.2 Å². The number of esters is 2. The van der Waals surface area contributed by atoms with E-state index in [1.165, 1.54) is 23.7 Å². The van der Waals surface area contributed by atoms with E-state index >= 15 is 0 Å². The summed E-state index contributed by atoms with van der Waals surface area (Å²) in [6.45, 7) is 5.92. The van der Waals surface area contributed by atoms with E-state index in [-0.39, 0.29) is 31.3 Å². The minimum atomic E-state index is -0.837. The van der Waals surface area contributed by atoms with Crippen molar-refractivity contribution in [2.24, 2.45) is 0 Å². The van der Waals surface area contributed by atoms with Gasteiger partial charge in [-0.2, -0.15) is 11.8 Å². The van der Waals surface area contributed by atoms with Gasteiger partial charge in [-0.15, -0.1) is 58.8 Å². The summed E-state index contributed by atoms with van der Waals surface area (Å²) in [4.78, 5) is 23.6. The molecular weight excluding hydrogens is 625 g/mol. The highest BCUT2D eigenvalue weighted by Crippen LogP contribution is 2.39. The number of allylic oxidation sites excluding steroid dienone is 2. The molecule has 2 aliphatic heterocycles. The Hall–Kier alpha value is -0.660. The Balaban J connectivity index is 1.55. The lowest BCUT2D eigenvalue weighted by molar-refractivity contribution is -0.146. The van der Waals surface area contributed by atoms with E-state index in [2.05, 4.69) is 0 Å². The third kappa shape index (κ3) is 13.1. The number of rotatable bonds is 17. The molecule has 1 aromatic rings. The summed E-state index contributed by atoms with van der Waals surface area (Å²) in [5.74, 6) is 7.75. The van der Waals surface area contributed by atoms with Gasteiger partial charge < -0.3 is 18.9 Å². The molecule has 0 N–H and O–H groups in total. The fraction of sp³-hybridized carbons (Fsp3) is 0.571. The SMILES string of the molecule is CC=CC(=O)OC(COc1cccc(OCC(C)(OC(=O)C=CC)SCC2SCCS2)c1)CSCC1SCCS1. The predicted octanol–water partition coefficient (Wildman–Crippen LogP) is 6.85. The lowest BCUT2D eigenvalue weighted by Gasteiger charge is -2.29. The molecule has 0 aromatic heterocycles. The average molecular weight is 663 g/mol. The van der Waals surface area contributed by atoms with E-state index in [0.717, 1.165) is 23.0 Å². The van der Waals surface area contributed by atoms with Crippen molar-refractivity contribution in [3.05, 3.63) is 48.6 Å². The molecule has 3 rings (SSSR count). The zero-order chi connectivity index (χ0) is 28.6. The van der Waals surface area contributed by atoms with Crippen molar-refractivity contribution in [2.75, 3.05) is 53.5 Å². The van der Waals surface area contributed by atoms with E-state index in [1.54, 1.807) is 49.5 Å². The third-order valence-corrected chi connectivity index (χ3v) is 14.8. The molecule has 0 aliphatic carbocycles. The van der Waals surface area contributed by atoms with E-state index in [4.69, 9.17) is 18.9 Å². The second kappa shape index (κ2) is 18.8. The Kier molecular flexibility index (Phi) is 15.9. The maximum atomic E-state index is 12.3. The van der Waals surface area contributed by atoms with Crippen LogP contribution in [0.2, 0.25) is 0 Å². The van der Waals surface area contributed by atoms with Crippen LogP contribution in [0.4, 0.5) is 0 Å². The summed E-state index contributed by atoms with van der Waals surface area (Å²) in [7, 11) is 0. The topological polar surface area (TPSA) is 71.1 Å². The van der Waals surface area contributed by atoms with Gasteiger partial charge >= 0.3 is 11.9 Å². The van der Waals surface area contributed by atoms with Gasteiger partial charge in [0.15, 0.2) is 4.93 Å². The predicted molar refractivity (Wildman–Crippen MR) is 179 cm³/mol. The van der Waals surface area contributed by atoms with Crippen LogP contribution in [0.25, 0.3) is 0 Å². The zero-order valence-electron chi connectivity index (χ0n) is 23.1. The molecule has 2 aliphatic rings. The van der Waals surface area contributed by atoms with Crippen LogP contribution in [-0.2, 0) is 19.1 Å². The van der Waals surface area contributed by atoms with Gasteiger partial charge in [0, 0.05) is 58.5 Å². The van der Waals surface area contributed by atoms with Crippen LogP contribution in [0, 0.1) is 0 Å². The first-order valence-electron chi connectivity index (χ1n) is 13.1. The molecule has 12 heteroatoms. The molecule has 0 bridgehead atoms. The van der Waals surface area contributed by atoms with Crippen LogP contribution in [0.15, 0.2) is 48.6 Å². The molecular formula is C28H38O6S6. The van der Waals surface area contributed by atoms with Gasteiger partial charge in [-0.3, -0.25) is 0 Å². The van der Waals surface area contributed by atoms with Gasteiger partial charge in [-0.1, -0.05) is 18.2 Å². The van der Waals surface area contributed by atoms with Crippen molar-refractivity contribution in [2.45, 2.75) is 41.0 Å². The number of benzene rings is 1. The van der Waals surface area contributed by atoms with Crippen LogP contribution in [0.3, 0.4) is 0 Å². The average Bonchev–Trinajstić information content (AvgIpc) is 3.65. The van der Waals surface area contributed by atoms with Crippen LogP contribution in [0.5, 0.6) is 11.5 Å².